The third-order valence-electron chi connectivity index (χ3n) is 2.62. The number of nitrogens with zero attached hydrogens (tertiary/aromatic N) is 2. The van der Waals surface area contributed by atoms with Crippen molar-refractivity contribution in [3.8, 4) is 5.88 Å². The van der Waals surface area contributed by atoms with Crippen LogP contribution in [-0.4, -0.2) is 16.0 Å². The topological polar surface area (TPSA) is 43.6 Å². The second kappa shape index (κ2) is 5.40. The van der Waals surface area contributed by atoms with E-state index in [1.165, 1.54) is 4.40 Å². The Bertz CT molecular complexity index is 622. The van der Waals surface area contributed by atoms with Gasteiger partial charge in [0.15, 0.2) is 0 Å². The number of ether oxygens (including phenoxy) is 1. The first-order valence-corrected chi connectivity index (χ1v) is 6.38. The van der Waals surface area contributed by atoms with Crippen molar-refractivity contribution in [3.63, 3.8) is 0 Å². The van der Waals surface area contributed by atoms with Crippen LogP contribution in [0, 0.1) is 0 Å². The molecule has 0 unspecified atom stereocenters. The highest BCUT2D eigenvalue weighted by Crippen LogP contribution is 2.16. The van der Waals surface area contributed by atoms with E-state index in [1.807, 2.05) is 13.8 Å². The highest BCUT2D eigenvalue weighted by molar-refractivity contribution is 6.30. The maximum atomic E-state index is 12.4. The van der Waals surface area contributed by atoms with Gasteiger partial charge in [-0.3, -0.25) is 9.20 Å². The average molecular weight is 267 g/mol. The Hall–Kier alpha value is -1.55. The lowest BCUT2D eigenvalue weighted by Gasteiger charge is -2.10. The number of aromatic nitrogens is 2. The van der Waals surface area contributed by atoms with Gasteiger partial charge in [-0.15, -0.1) is 0 Å². The standard InChI is InChI=1S/C13H15ClN2O2/c1-3-5-10-12(18-4-2)15-11-7-6-9(14)8-16(11)13(10)17/h6-8H,3-5H2,1-2H3. The molecule has 2 aromatic heterocycles. The molecule has 0 aliphatic carbocycles. The molecule has 0 aliphatic heterocycles. The van der Waals surface area contributed by atoms with Crippen LogP contribution in [0.1, 0.15) is 25.8 Å². The van der Waals surface area contributed by atoms with Gasteiger partial charge in [-0.2, -0.15) is 4.98 Å². The summed E-state index contributed by atoms with van der Waals surface area (Å²) in [4.78, 5) is 16.7. The molecule has 0 saturated carbocycles. The predicted molar refractivity (Wildman–Crippen MR) is 71.6 cm³/mol. The molecule has 2 rings (SSSR count). The Morgan fingerprint density at radius 1 is 1.39 bits per heavy atom. The Morgan fingerprint density at radius 3 is 2.83 bits per heavy atom. The largest absolute Gasteiger partial charge is 0.478 e. The quantitative estimate of drug-likeness (QED) is 0.855. The van der Waals surface area contributed by atoms with E-state index in [0.29, 0.717) is 35.1 Å². The van der Waals surface area contributed by atoms with E-state index >= 15 is 0 Å². The molecule has 5 heteroatoms. The smallest absolute Gasteiger partial charge is 0.264 e. The lowest BCUT2D eigenvalue weighted by atomic mass is 10.2. The molecule has 0 aromatic carbocycles. The molecule has 0 radical (unpaired) electrons. The molecule has 0 N–H and O–H groups in total. The average Bonchev–Trinajstić information content (AvgIpc) is 2.35. The minimum Gasteiger partial charge on any atom is -0.478 e. The van der Waals surface area contributed by atoms with Crippen LogP contribution in [-0.2, 0) is 6.42 Å². The zero-order chi connectivity index (χ0) is 13.1. The van der Waals surface area contributed by atoms with E-state index in [1.54, 1.807) is 18.3 Å². The van der Waals surface area contributed by atoms with Crippen molar-refractivity contribution >= 4 is 17.2 Å². The van der Waals surface area contributed by atoms with Crippen LogP contribution < -0.4 is 10.3 Å². The maximum absolute atomic E-state index is 12.4. The molecule has 0 spiro atoms. The zero-order valence-corrected chi connectivity index (χ0v) is 11.2. The lowest BCUT2D eigenvalue weighted by Crippen LogP contribution is -2.21. The Balaban J connectivity index is 2.72. The number of hydrogen-bond donors (Lipinski definition) is 0. The first kappa shape index (κ1) is 12.9. The molecule has 0 saturated heterocycles. The number of pyridine rings is 1. The maximum Gasteiger partial charge on any atom is 0.264 e. The van der Waals surface area contributed by atoms with Gasteiger partial charge in [-0.1, -0.05) is 24.9 Å². The number of fused-ring (bicyclic) bond motifs is 1. The molecule has 0 bridgehead atoms. The minimum atomic E-state index is -0.104. The monoisotopic (exact) mass is 266 g/mol. The van der Waals surface area contributed by atoms with E-state index in [2.05, 4.69) is 4.98 Å². The second-order valence-electron chi connectivity index (χ2n) is 3.96. The van der Waals surface area contributed by atoms with E-state index in [9.17, 15) is 4.79 Å². The summed E-state index contributed by atoms with van der Waals surface area (Å²) < 4.78 is 6.92. The van der Waals surface area contributed by atoms with Gasteiger partial charge in [0.1, 0.15) is 5.65 Å². The number of halogens is 1. The lowest BCUT2D eigenvalue weighted by molar-refractivity contribution is 0.322. The van der Waals surface area contributed by atoms with Gasteiger partial charge in [0.2, 0.25) is 5.88 Å². The summed E-state index contributed by atoms with van der Waals surface area (Å²) in [5.41, 5.74) is 1.06. The summed E-state index contributed by atoms with van der Waals surface area (Å²) in [7, 11) is 0. The summed E-state index contributed by atoms with van der Waals surface area (Å²) in [5, 5.41) is 0.512. The first-order chi connectivity index (χ1) is 8.67. The Labute approximate surface area is 110 Å². The van der Waals surface area contributed by atoms with Crippen molar-refractivity contribution in [2.24, 2.45) is 0 Å². The molecule has 0 fully saturated rings. The fraction of sp³-hybridized carbons (Fsp3) is 0.385. The van der Waals surface area contributed by atoms with E-state index in [-0.39, 0.29) is 5.56 Å². The second-order valence-corrected chi connectivity index (χ2v) is 4.40. The molecule has 0 atom stereocenters. The number of hydrogen-bond acceptors (Lipinski definition) is 3. The number of rotatable bonds is 4. The third-order valence-corrected chi connectivity index (χ3v) is 2.85. The summed E-state index contributed by atoms with van der Waals surface area (Å²) in [6.45, 7) is 4.38. The van der Waals surface area contributed by atoms with Crippen molar-refractivity contribution in [1.29, 1.82) is 0 Å². The van der Waals surface area contributed by atoms with Gasteiger partial charge in [-0.05, 0) is 25.5 Å². The minimum absolute atomic E-state index is 0.104. The van der Waals surface area contributed by atoms with Crippen LogP contribution in [0.15, 0.2) is 23.1 Å². The zero-order valence-electron chi connectivity index (χ0n) is 10.4. The van der Waals surface area contributed by atoms with Gasteiger partial charge in [-0.25, -0.2) is 0 Å². The molecule has 2 aromatic rings. The third kappa shape index (κ3) is 2.34. The summed E-state index contributed by atoms with van der Waals surface area (Å²) in [6.07, 6.45) is 3.10. The SMILES string of the molecule is CCCc1c(OCC)nc2ccc(Cl)cn2c1=O. The van der Waals surface area contributed by atoms with Crippen molar-refractivity contribution in [1.82, 2.24) is 9.38 Å². The summed E-state index contributed by atoms with van der Waals surface area (Å²) in [6, 6.07) is 3.42. The van der Waals surface area contributed by atoms with E-state index < -0.39 is 0 Å². The normalized spacial score (nSPS) is 10.8. The van der Waals surface area contributed by atoms with Crippen molar-refractivity contribution in [2.75, 3.05) is 6.61 Å². The van der Waals surface area contributed by atoms with Crippen LogP contribution in [0.25, 0.3) is 5.65 Å². The molecule has 18 heavy (non-hydrogen) atoms. The molecule has 2 heterocycles. The van der Waals surface area contributed by atoms with Crippen LogP contribution in [0.2, 0.25) is 5.02 Å². The van der Waals surface area contributed by atoms with Crippen LogP contribution in [0.3, 0.4) is 0 Å². The summed E-state index contributed by atoms with van der Waals surface area (Å²) >= 11 is 5.90. The van der Waals surface area contributed by atoms with Crippen molar-refractivity contribution in [2.45, 2.75) is 26.7 Å². The van der Waals surface area contributed by atoms with E-state index in [4.69, 9.17) is 16.3 Å². The fourth-order valence-corrected chi connectivity index (χ4v) is 2.01. The van der Waals surface area contributed by atoms with Gasteiger partial charge in [0, 0.05) is 6.20 Å². The predicted octanol–water partition coefficient (Wildman–Crippen LogP) is 2.70. The van der Waals surface area contributed by atoms with E-state index in [0.717, 1.165) is 6.42 Å². The van der Waals surface area contributed by atoms with Crippen LogP contribution in [0.4, 0.5) is 0 Å². The fourth-order valence-electron chi connectivity index (χ4n) is 1.85. The highest BCUT2D eigenvalue weighted by atomic mass is 35.5. The highest BCUT2D eigenvalue weighted by Gasteiger charge is 2.13. The molecule has 96 valence electrons. The molecule has 0 amide bonds. The molecular weight excluding hydrogens is 252 g/mol. The van der Waals surface area contributed by atoms with Crippen LogP contribution >= 0.6 is 11.6 Å². The van der Waals surface area contributed by atoms with Gasteiger partial charge < -0.3 is 4.74 Å². The van der Waals surface area contributed by atoms with Gasteiger partial charge in [0.25, 0.3) is 5.56 Å². The molecule has 4 nitrogen and oxygen atoms in total. The molecule has 0 aliphatic rings. The Morgan fingerprint density at radius 2 is 2.17 bits per heavy atom. The Kier molecular flexibility index (Phi) is 3.87. The van der Waals surface area contributed by atoms with Crippen molar-refractivity contribution in [3.05, 3.63) is 39.3 Å². The van der Waals surface area contributed by atoms with Gasteiger partial charge >= 0.3 is 0 Å². The first-order valence-electron chi connectivity index (χ1n) is 6.01. The van der Waals surface area contributed by atoms with Crippen LogP contribution in [0.5, 0.6) is 5.88 Å². The molecular formula is C13H15ClN2O2. The van der Waals surface area contributed by atoms with Gasteiger partial charge in [0.05, 0.1) is 17.2 Å². The van der Waals surface area contributed by atoms with Crippen molar-refractivity contribution < 1.29 is 4.74 Å². The summed E-state index contributed by atoms with van der Waals surface area (Å²) in [5.74, 6) is 0.437.